The molecule has 3 heterocycles. The summed E-state index contributed by atoms with van der Waals surface area (Å²) in [6.07, 6.45) is -3.62. The van der Waals surface area contributed by atoms with Gasteiger partial charge in [-0.1, -0.05) is 0 Å². The van der Waals surface area contributed by atoms with Crippen molar-refractivity contribution in [1.29, 1.82) is 0 Å². The minimum absolute atomic E-state index is 0.0363. The largest absolute Gasteiger partial charge is 0.573 e. The molecule has 33 heavy (non-hydrogen) atoms. The van der Waals surface area contributed by atoms with Crippen LogP contribution in [0.4, 0.5) is 18.0 Å². The number of ether oxygens (including phenoxy) is 2. The fourth-order valence-electron chi connectivity index (χ4n) is 3.46. The number of hydrazine groups is 1. The Morgan fingerprint density at radius 1 is 1.15 bits per heavy atom. The van der Waals surface area contributed by atoms with Crippen molar-refractivity contribution < 1.29 is 27.4 Å². The minimum Gasteiger partial charge on any atom is -0.443 e. The standard InChI is InChI=1S/C21H21F3IN5O3/c1-20(2,3)33-19(31)28-29-10-12(11-29)17-16-15(25)8-9-26-18(16)30(27-17)13-4-6-14(7-5-13)32-21(22,23)24/h4-9,12H,10-11H2,1-3H3,(H,28,31). The molecule has 1 N–H and O–H groups in total. The van der Waals surface area contributed by atoms with Gasteiger partial charge < -0.3 is 9.47 Å². The number of aromatic nitrogens is 3. The molecule has 0 radical (unpaired) electrons. The number of hydrogen-bond acceptors (Lipinski definition) is 6. The molecule has 1 fully saturated rings. The van der Waals surface area contributed by atoms with Crippen molar-refractivity contribution in [2.75, 3.05) is 13.1 Å². The first-order valence-electron chi connectivity index (χ1n) is 10.0. The van der Waals surface area contributed by atoms with Gasteiger partial charge >= 0.3 is 12.5 Å². The molecule has 176 valence electrons. The summed E-state index contributed by atoms with van der Waals surface area (Å²) in [6.45, 7) is 6.45. The third kappa shape index (κ3) is 5.49. The fourth-order valence-corrected chi connectivity index (χ4v) is 4.14. The van der Waals surface area contributed by atoms with Gasteiger partial charge in [-0.3, -0.25) is 5.43 Å². The molecule has 1 saturated heterocycles. The van der Waals surface area contributed by atoms with Crippen LogP contribution >= 0.6 is 22.6 Å². The van der Waals surface area contributed by atoms with Gasteiger partial charge in [0, 0.05) is 28.8 Å². The molecule has 0 aliphatic carbocycles. The van der Waals surface area contributed by atoms with Crippen molar-refractivity contribution in [1.82, 2.24) is 25.2 Å². The lowest BCUT2D eigenvalue weighted by atomic mass is 9.96. The number of halogens is 4. The van der Waals surface area contributed by atoms with Gasteiger partial charge in [0.15, 0.2) is 5.65 Å². The van der Waals surface area contributed by atoms with Crippen LogP contribution in [0.3, 0.4) is 0 Å². The van der Waals surface area contributed by atoms with Gasteiger partial charge in [-0.25, -0.2) is 19.5 Å². The summed E-state index contributed by atoms with van der Waals surface area (Å²) in [6, 6.07) is 7.33. The van der Waals surface area contributed by atoms with Crippen LogP contribution in [0.15, 0.2) is 36.5 Å². The summed E-state index contributed by atoms with van der Waals surface area (Å²) < 4.78 is 49.2. The Morgan fingerprint density at radius 3 is 2.42 bits per heavy atom. The normalized spacial score (nSPS) is 15.4. The van der Waals surface area contributed by atoms with Crippen molar-refractivity contribution in [3.63, 3.8) is 0 Å². The first-order valence-corrected chi connectivity index (χ1v) is 11.1. The minimum atomic E-state index is -4.76. The van der Waals surface area contributed by atoms with Gasteiger partial charge in [0.25, 0.3) is 0 Å². The molecular formula is C21H21F3IN5O3. The Balaban J connectivity index is 1.56. The van der Waals surface area contributed by atoms with Gasteiger partial charge in [-0.15, -0.1) is 13.2 Å². The zero-order chi connectivity index (χ0) is 24.0. The molecule has 0 atom stereocenters. The lowest BCUT2D eigenvalue weighted by Crippen LogP contribution is -2.55. The van der Waals surface area contributed by atoms with Crippen LogP contribution in [0.25, 0.3) is 16.7 Å². The van der Waals surface area contributed by atoms with Crippen LogP contribution in [-0.4, -0.2) is 50.9 Å². The molecule has 3 aromatic rings. The molecule has 2 aromatic heterocycles. The topological polar surface area (TPSA) is 81.5 Å². The van der Waals surface area contributed by atoms with E-state index in [1.54, 1.807) is 36.7 Å². The zero-order valence-electron chi connectivity index (χ0n) is 18.0. The van der Waals surface area contributed by atoms with Crippen molar-refractivity contribution >= 4 is 39.7 Å². The lowest BCUT2D eigenvalue weighted by Gasteiger charge is -2.38. The van der Waals surface area contributed by atoms with Crippen LogP contribution in [0.1, 0.15) is 32.4 Å². The van der Waals surface area contributed by atoms with Crippen molar-refractivity contribution in [3.8, 4) is 11.4 Å². The van der Waals surface area contributed by atoms with Gasteiger partial charge in [0.2, 0.25) is 0 Å². The van der Waals surface area contributed by atoms with Gasteiger partial charge in [0.05, 0.1) is 16.8 Å². The van der Waals surface area contributed by atoms with Gasteiger partial charge in [0.1, 0.15) is 11.4 Å². The Bertz CT molecular complexity index is 1170. The number of benzene rings is 1. The average Bonchev–Trinajstić information content (AvgIpc) is 3.03. The summed E-state index contributed by atoms with van der Waals surface area (Å²) >= 11 is 2.21. The van der Waals surface area contributed by atoms with E-state index >= 15 is 0 Å². The first-order chi connectivity index (χ1) is 15.4. The first kappa shape index (κ1) is 23.5. The van der Waals surface area contributed by atoms with E-state index < -0.39 is 18.1 Å². The highest BCUT2D eigenvalue weighted by Crippen LogP contribution is 2.34. The SMILES string of the molecule is CC(C)(C)OC(=O)NN1CC(c2nn(-c3ccc(OC(F)(F)F)cc3)c3nccc(I)c23)C1. The lowest BCUT2D eigenvalue weighted by molar-refractivity contribution is -0.274. The maximum Gasteiger partial charge on any atom is 0.573 e. The second-order valence-electron chi connectivity index (χ2n) is 8.55. The van der Waals surface area contributed by atoms with Crippen LogP contribution in [0, 0.1) is 3.57 Å². The number of carbonyl (C=O) groups excluding carboxylic acids is 1. The highest BCUT2D eigenvalue weighted by molar-refractivity contribution is 14.1. The molecular weight excluding hydrogens is 554 g/mol. The van der Waals surface area contributed by atoms with Crippen LogP contribution in [0.5, 0.6) is 5.75 Å². The number of alkyl halides is 3. The van der Waals surface area contributed by atoms with E-state index in [0.717, 1.165) is 14.7 Å². The number of pyridine rings is 1. The number of hydrogen-bond donors (Lipinski definition) is 1. The quantitative estimate of drug-likeness (QED) is 0.452. The van der Waals surface area contributed by atoms with Gasteiger partial charge in [-0.05, 0) is 73.7 Å². The molecule has 0 unspecified atom stereocenters. The number of nitrogens with zero attached hydrogens (tertiary/aromatic N) is 4. The average molecular weight is 575 g/mol. The third-order valence-electron chi connectivity index (χ3n) is 4.78. The summed E-state index contributed by atoms with van der Waals surface area (Å²) in [5.41, 5.74) is 4.08. The highest BCUT2D eigenvalue weighted by Gasteiger charge is 2.35. The van der Waals surface area contributed by atoms with E-state index in [4.69, 9.17) is 9.84 Å². The molecule has 12 heteroatoms. The van der Waals surface area contributed by atoms with E-state index in [2.05, 4.69) is 37.7 Å². The Hall–Kier alpha value is -2.61. The molecule has 8 nitrogen and oxygen atoms in total. The summed E-state index contributed by atoms with van der Waals surface area (Å²) in [4.78, 5) is 16.4. The van der Waals surface area contributed by atoms with Crippen molar-refractivity contribution in [2.24, 2.45) is 0 Å². The molecule has 4 rings (SSSR count). The van der Waals surface area contributed by atoms with E-state index in [1.165, 1.54) is 24.3 Å². The Labute approximate surface area is 201 Å². The maximum atomic E-state index is 12.5. The van der Waals surface area contributed by atoms with Crippen LogP contribution in [-0.2, 0) is 4.74 Å². The second-order valence-corrected chi connectivity index (χ2v) is 9.71. The highest BCUT2D eigenvalue weighted by atomic mass is 127. The number of fused-ring (bicyclic) bond motifs is 1. The molecule has 1 aliphatic rings. The second kappa shape index (κ2) is 8.63. The molecule has 0 spiro atoms. The number of amides is 1. The predicted octanol–water partition coefficient (Wildman–Crippen LogP) is 4.76. The molecule has 1 aromatic carbocycles. The summed E-state index contributed by atoms with van der Waals surface area (Å²) in [5, 5.41) is 7.35. The number of nitrogens with one attached hydrogen (secondary N) is 1. The molecule has 0 saturated carbocycles. The smallest absolute Gasteiger partial charge is 0.443 e. The van der Waals surface area contributed by atoms with Crippen molar-refractivity contribution in [3.05, 3.63) is 45.8 Å². The summed E-state index contributed by atoms with van der Waals surface area (Å²) in [5.74, 6) is -0.275. The number of rotatable bonds is 4. The summed E-state index contributed by atoms with van der Waals surface area (Å²) in [7, 11) is 0. The molecule has 1 aliphatic heterocycles. The van der Waals surface area contributed by atoms with E-state index in [0.29, 0.717) is 24.4 Å². The monoisotopic (exact) mass is 575 g/mol. The zero-order valence-corrected chi connectivity index (χ0v) is 20.1. The Morgan fingerprint density at radius 2 is 1.82 bits per heavy atom. The van der Waals surface area contributed by atoms with Crippen LogP contribution in [0.2, 0.25) is 0 Å². The fraction of sp³-hybridized carbons (Fsp3) is 0.381. The predicted molar refractivity (Wildman–Crippen MR) is 122 cm³/mol. The van der Waals surface area contributed by atoms with Crippen LogP contribution < -0.4 is 10.2 Å². The Kier molecular flexibility index (Phi) is 6.16. The molecule has 0 bridgehead atoms. The number of carbonyl (C=O) groups is 1. The van der Waals surface area contributed by atoms with E-state index in [-0.39, 0.29) is 11.7 Å². The van der Waals surface area contributed by atoms with E-state index in [1.807, 2.05) is 6.07 Å². The van der Waals surface area contributed by atoms with Crippen molar-refractivity contribution in [2.45, 2.75) is 38.7 Å². The maximum absolute atomic E-state index is 12.5. The third-order valence-corrected chi connectivity index (χ3v) is 5.67. The van der Waals surface area contributed by atoms with E-state index in [9.17, 15) is 18.0 Å². The molecule has 1 amide bonds. The van der Waals surface area contributed by atoms with Gasteiger partial charge in [-0.2, -0.15) is 5.10 Å².